The molecule has 1 N–H and O–H groups in total. The Morgan fingerprint density at radius 3 is 2.36 bits per heavy atom. The SMILES string of the molecule is O=C(NC1CCCC1)c1cn(-c2ccc(Cl)cc2)c(-c2ccc(Cl)cc2Cl)n1. The van der Waals surface area contributed by atoms with Crippen LogP contribution in [0.4, 0.5) is 0 Å². The summed E-state index contributed by atoms with van der Waals surface area (Å²) in [7, 11) is 0. The molecule has 1 heterocycles. The van der Waals surface area contributed by atoms with Crippen molar-refractivity contribution in [1.82, 2.24) is 14.9 Å². The molecule has 28 heavy (non-hydrogen) atoms. The fourth-order valence-electron chi connectivity index (χ4n) is 3.48. The van der Waals surface area contributed by atoms with E-state index in [2.05, 4.69) is 10.3 Å². The Labute approximate surface area is 178 Å². The van der Waals surface area contributed by atoms with Gasteiger partial charge in [-0.15, -0.1) is 0 Å². The zero-order valence-electron chi connectivity index (χ0n) is 15.0. The molecule has 1 aliphatic carbocycles. The Morgan fingerprint density at radius 1 is 1.00 bits per heavy atom. The van der Waals surface area contributed by atoms with E-state index in [4.69, 9.17) is 34.8 Å². The maximum absolute atomic E-state index is 12.8. The minimum Gasteiger partial charge on any atom is -0.348 e. The fraction of sp³-hybridized carbons (Fsp3) is 0.238. The second-order valence-corrected chi connectivity index (χ2v) is 8.16. The molecule has 4 nitrogen and oxygen atoms in total. The largest absolute Gasteiger partial charge is 0.348 e. The van der Waals surface area contributed by atoms with Crippen LogP contribution >= 0.6 is 34.8 Å². The lowest BCUT2D eigenvalue weighted by atomic mass is 10.2. The van der Waals surface area contributed by atoms with E-state index in [-0.39, 0.29) is 11.9 Å². The Bertz CT molecular complexity index is 1010. The van der Waals surface area contributed by atoms with Gasteiger partial charge in [-0.05, 0) is 55.3 Å². The van der Waals surface area contributed by atoms with Crippen LogP contribution in [0.5, 0.6) is 0 Å². The maximum atomic E-state index is 12.8. The third-order valence-corrected chi connectivity index (χ3v) is 5.71. The molecule has 2 aromatic carbocycles. The van der Waals surface area contributed by atoms with E-state index in [0.717, 1.165) is 31.4 Å². The number of aromatic nitrogens is 2. The number of nitrogens with zero attached hydrogens (tertiary/aromatic N) is 2. The molecule has 1 amide bonds. The zero-order chi connectivity index (χ0) is 19.7. The lowest BCUT2D eigenvalue weighted by molar-refractivity contribution is 0.0933. The molecule has 1 fully saturated rings. The molecular weight excluding hydrogens is 417 g/mol. The molecule has 0 spiro atoms. The standard InChI is InChI=1S/C21H18Cl3N3O/c22-13-5-8-16(9-6-13)27-12-19(21(28)25-15-3-1-2-4-15)26-20(27)17-10-7-14(23)11-18(17)24/h5-12,15H,1-4H2,(H,25,28). The lowest BCUT2D eigenvalue weighted by Crippen LogP contribution is -2.32. The number of carbonyl (C=O) groups excluding carboxylic acids is 1. The molecule has 1 saturated carbocycles. The highest BCUT2D eigenvalue weighted by Crippen LogP contribution is 2.32. The van der Waals surface area contributed by atoms with Crippen LogP contribution in [0, 0.1) is 0 Å². The van der Waals surface area contributed by atoms with Crippen LogP contribution in [0.25, 0.3) is 17.1 Å². The number of halogens is 3. The number of benzene rings is 2. The van der Waals surface area contributed by atoms with Crippen molar-refractivity contribution in [2.24, 2.45) is 0 Å². The summed E-state index contributed by atoms with van der Waals surface area (Å²) in [6, 6.07) is 12.8. The molecule has 0 unspecified atom stereocenters. The van der Waals surface area contributed by atoms with Crippen LogP contribution in [-0.2, 0) is 0 Å². The highest BCUT2D eigenvalue weighted by atomic mass is 35.5. The topological polar surface area (TPSA) is 46.9 Å². The van der Waals surface area contributed by atoms with Gasteiger partial charge in [0.1, 0.15) is 11.5 Å². The Balaban J connectivity index is 1.77. The first-order valence-corrected chi connectivity index (χ1v) is 10.3. The van der Waals surface area contributed by atoms with Gasteiger partial charge in [-0.1, -0.05) is 47.6 Å². The number of nitrogens with one attached hydrogen (secondary N) is 1. The second-order valence-electron chi connectivity index (χ2n) is 6.88. The van der Waals surface area contributed by atoms with Crippen LogP contribution in [0.3, 0.4) is 0 Å². The van der Waals surface area contributed by atoms with Crippen molar-refractivity contribution in [1.29, 1.82) is 0 Å². The fourth-order valence-corrected chi connectivity index (χ4v) is 4.10. The van der Waals surface area contributed by atoms with Crippen LogP contribution in [-0.4, -0.2) is 21.5 Å². The monoisotopic (exact) mass is 433 g/mol. The van der Waals surface area contributed by atoms with Gasteiger partial charge in [0.2, 0.25) is 0 Å². The first kappa shape index (κ1) is 19.3. The molecule has 0 saturated heterocycles. The van der Waals surface area contributed by atoms with Crippen LogP contribution in [0.2, 0.25) is 15.1 Å². The van der Waals surface area contributed by atoms with Crippen molar-refractivity contribution in [2.75, 3.05) is 0 Å². The van der Waals surface area contributed by atoms with E-state index < -0.39 is 0 Å². The van der Waals surface area contributed by atoms with Gasteiger partial charge in [0.25, 0.3) is 5.91 Å². The van der Waals surface area contributed by atoms with Crippen molar-refractivity contribution in [3.05, 3.63) is 69.4 Å². The highest BCUT2D eigenvalue weighted by molar-refractivity contribution is 6.36. The van der Waals surface area contributed by atoms with Gasteiger partial charge in [-0.3, -0.25) is 9.36 Å². The van der Waals surface area contributed by atoms with Crippen molar-refractivity contribution in [3.63, 3.8) is 0 Å². The summed E-state index contributed by atoms with van der Waals surface area (Å²) in [5.74, 6) is 0.395. The predicted molar refractivity (Wildman–Crippen MR) is 114 cm³/mol. The van der Waals surface area contributed by atoms with Gasteiger partial charge in [-0.2, -0.15) is 0 Å². The summed E-state index contributed by atoms with van der Waals surface area (Å²) in [5.41, 5.74) is 1.88. The van der Waals surface area contributed by atoms with E-state index in [1.807, 2.05) is 16.7 Å². The maximum Gasteiger partial charge on any atom is 0.271 e. The minimum absolute atomic E-state index is 0.175. The summed E-state index contributed by atoms with van der Waals surface area (Å²) >= 11 is 18.5. The minimum atomic E-state index is -0.175. The smallest absolute Gasteiger partial charge is 0.271 e. The number of hydrogen-bond donors (Lipinski definition) is 1. The van der Waals surface area contributed by atoms with Crippen LogP contribution in [0.15, 0.2) is 48.7 Å². The van der Waals surface area contributed by atoms with E-state index in [0.29, 0.717) is 32.1 Å². The number of imidazole rings is 1. The van der Waals surface area contributed by atoms with Crippen molar-refractivity contribution in [3.8, 4) is 17.1 Å². The van der Waals surface area contributed by atoms with Gasteiger partial charge in [0.15, 0.2) is 0 Å². The van der Waals surface area contributed by atoms with Crippen molar-refractivity contribution >= 4 is 40.7 Å². The molecular formula is C21H18Cl3N3O. The molecule has 0 bridgehead atoms. The zero-order valence-corrected chi connectivity index (χ0v) is 17.2. The summed E-state index contributed by atoms with van der Waals surface area (Å²) < 4.78 is 1.84. The quantitative estimate of drug-likeness (QED) is 0.533. The molecule has 0 atom stereocenters. The average Bonchev–Trinajstić information content (AvgIpc) is 3.32. The summed E-state index contributed by atoms with van der Waals surface area (Å²) in [6.07, 6.45) is 6.05. The number of hydrogen-bond acceptors (Lipinski definition) is 2. The Morgan fingerprint density at radius 2 is 1.68 bits per heavy atom. The van der Waals surface area contributed by atoms with Crippen LogP contribution < -0.4 is 5.32 Å². The molecule has 7 heteroatoms. The van der Waals surface area contributed by atoms with Crippen molar-refractivity contribution < 1.29 is 4.79 Å². The molecule has 0 radical (unpaired) electrons. The predicted octanol–water partition coefficient (Wildman–Crippen LogP) is 6.17. The summed E-state index contributed by atoms with van der Waals surface area (Å²) in [4.78, 5) is 17.4. The van der Waals surface area contributed by atoms with Gasteiger partial charge < -0.3 is 5.32 Å². The van der Waals surface area contributed by atoms with Gasteiger partial charge in [0.05, 0.1) is 5.02 Å². The molecule has 1 aromatic heterocycles. The number of carbonyl (C=O) groups is 1. The second kappa shape index (κ2) is 8.16. The molecule has 3 aromatic rings. The highest BCUT2D eigenvalue weighted by Gasteiger charge is 2.22. The normalized spacial score (nSPS) is 14.4. The van der Waals surface area contributed by atoms with Gasteiger partial charge in [0, 0.05) is 33.5 Å². The molecule has 0 aliphatic heterocycles. The first-order chi connectivity index (χ1) is 13.5. The third kappa shape index (κ3) is 4.04. The van der Waals surface area contributed by atoms with E-state index in [1.54, 1.807) is 36.5 Å². The van der Waals surface area contributed by atoms with Crippen LogP contribution in [0.1, 0.15) is 36.2 Å². The third-order valence-electron chi connectivity index (χ3n) is 4.91. The van der Waals surface area contributed by atoms with E-state index >= 15 is 0 Å². The number of amides is 1. The average molecular weight is 435 g/mol. The van der Waals surface area contributed by atoms with E-state index in [1.165, 1.54) is 0 Å². The molecule has 4 rings (SSSR count). The summed E-state index contributed by atoms with van der Waals surface area (Å²) in [5, 5.41) is 4.72. The Kier molecular flexibility index (Phi) is 5.63. The van der Waals surface area contributed by atoms with E-state index in [9.17, 15) is 4.79 Å². The molecule has 144 valence electrons. The number of rotatable bonds is 4. The Hall–Kier alpha value is -2.01. The van der Waals surface area contributed by atoms with Gasteiger partial charge >= 0.3 is 0 Å². The van der Waals surface area contributed by atoms with Crippen molar-refractivity contribution in [2.45, 2.75) is 31.7 Å². The summed E-state index contributed by atoms with van der Waals surface area (Å²) in [6.45, 7) is 0. The molecule has 1 aliphatic rings. The first-order valence-electron chi connectivity index (χ1n) is 9.13. The lowest BCUT2D eigenvalue weighted by Gasteiger charge is -2.09. The van der Waals surface area contributed by atoms with Gasteiger partial charge in [-0.25, -0.2) is 4.98 Å².